The molecule has 0 aromatic heterocycles. The van der Waals surface area contributed by atoms with Crippen molar-refractivity contribution in [3.05, 3.63) is 40.3 Å². The number of hydrogen-bond acceptors (Lipinski definition) is 5. The van der Waals surface area contributed by atoms with Crippen LogP contribution in [0.5, 0.6) is 0 Å². The standard InChI is InChI=1S/C20H22N2O4S2/c1-12(2)14-7-5-13(6-8-14)10-16-18(24)22(20(27)28-16)11-17(23)21-9-3-4-15(21)19(25)26/h5-8,10,12,15H,3-4,9,11H2,1-2H3,(H,25,26)/b16-10-/t15-/m1/s1. The van der Waals surface area contributed by atoms with Crippen LogP contribution in [0.2, 0.25) is 0 Å². The van der Waals surface area contributed by atoms with E-state index in [2.05, 4.69) is 13.8 Å². The van der Waals surface area contributed by atoms with Crippen LogP contribution in [-0.4, -0.2) is 56.1 Å². The summed E-state index contributed by atoms with van der Waals surface area (Å²) >= 11 is 6.44. The van der Waals surface area contributed by atoms with E-state index in [-0.39, 0.29) is 18.4 Å². The number of nitrogens with zero attached hydrogens (tertiary/aromatic N) is 2. The summed E-state index contributed by atoms with van der Waals surface area (Å²) in [5.74, 6) is -1.29. The maximum atomic E-state index is 12.7. The molecule has 2 aliphatic rings. The van der Waals surface area contributed by atoms with Crippen LogP contribution >= 0.6 is 24.0 Å². The first-order valence-electron chi connectivity index (χ1n) is 9.15. The molecule has 8 heteroatoms. The Labute approximate surface area is 173 Å². The molecule has 1 atom stereocenters. The van der Waals surface area contributed by atoms with Gasteiger partial charge in [0.25, 0.3) is 5.91 Å². The first-order valence-corrected chi connectivity index (χ1v) is 10.4. The van der Waals surface area contributed by atoms with E-state index in [1.807, 2.05) is 24.3 Å². The number of thiocarbonyl (C=S) groups is 1. The molecular formula is C20H22N2O4S2. The van der Waals surface area contributed by atoms with Gasteiger partial charge in [-0.1, -0.05) is 62.1 Å². The second-order valence-electron chi connectivity index (χ2n) is 7.17. The van der Waals surface area contributed by atoms with Gasteiger partial charge in [0, 0.05) is 6.54 Å². The highest BCUT2D eigenvalue weighted by Crippen LogP contribution is 2.33. The normalized spacial score (nSPS) is 21.2. The highest BCUT2D eigenvalue weighted by molar-refractivity contribution is 8.26. The van der Waals surface area contributed by atoms with E-state index in [4.69, 9.17) is 12.2 Å². The number of carbonyl (C=O) groups excluding carboxylic acids is 2. The molecule has 2 fully saturated rings. The minimum Gasteiger partial charge on any atom is -0.480 e. The predicted octanol–water partition coefficient (Wildman–Crippen LogP) is 3.09. The molecule has 0 spiro atoms. The van der Waals surface area contributed by atoms with Crippen molar-refractivity contribution >= 4 is 52.2 Å². The second-order valence-corrected chi connectivity index (χ2v) is 8.85. The molecule has 0 aliphatic carbocycles. The smallest absolute Gasteiger partial charge is 0.326 e. The zero-order valence-corrected chi connectivity index (χ0v) is 17.4. The van der Waals surface area contributed by atoms with Crippen molar-refractivity contribution in [3.63, 3.8) is 0 Å². The number of likely N-dealkylation sites (tertiary alicyclic amines) is 1. The van der Waals surface area contributed by atoms with Crippen molar-refractivity contribution in [2.45, 2.75) is 38.6 Å². The molecule has 2 amide bonds. The minimum absolute atomic E-state index is 0.224. The predicted molar refractivity (Wildman–Crippen MR) is 113 cm³/mol. The Kier molecular flexibility index (Phi) is 6.20. The van der Waals surface area contributed by atoms with Crippen LogP contribution < -0.4 is 0 Å². The van der Waals surface area contributed by atoms with Crippen LogP contribution in [-0.2, 0) is 14.4 Å². The van der Waals surface area contributed by atoms with Gasteiger partial charge >= 0.3 is 5.97 Å². The molecule has 3 rings (SSSR count). The van der Waals surface area contributed by atoms with Crippen LogP contribution in [0.4, 0.5) is 0 Å². The Hall–Kier alpha value is -2.19. The molecule has 28 heavy (non-hydrogen) atoms. The third-order valence-electron chi connectivity index (χ3n) is 4.93. The number of benzene rings is 1. The number of amides is 2. The number of thioether (sulfide) groups is 1. The zero-order chi connectivity index (χ0) is 20.4. The van der Waals surface area contributed by atoms with E-state index in [1.165, 1.54) is 15.4 Å². The van der Waals surface area contributed by atoms with Crippen LogP contribution in [0.1, 0.15) is 43.7 Å². The highest BCUT2D eigenvalue weighted by Gasteiger charge is 2.38. The average molecular weight is 419 g/mol. The van der Waals surface area contributed by atoms with Crippen LogP contribution in [0.25, 0.3) is 6.08 Å². The zero-order valence-electron chi connectivity index (χ0n) is 15.8. The van der Waals surface area contributed by atoms with Crippen molar-refractivity contribution in [3.8, 4) is 0 Å². The number of carboxylic acids is 1. The molecule has 2 heterocycles. The molecule has 1 aromatic rings. The average Bonchev–Trinajstić information content (AvgIpc) is 3.23. The van der Waals surface area contributed by atoms with E-state index in [0.29, 0.717) is 34.5 Å². The molecular weight excluding hydrogens is 396 g/mol. The Morgan fingerprint density at radius 2 is 2.00 bits per heavy atom. The van der Waals surface area contributed by atoms with Gasteiger partial charge in [-0.15, -0.1) is 0 Å². The summed E-state index contributed by atoms with van der Waals surface area (Å²) in [6, 6.07) is 7.14. The summed E-state index contributed by atoms with van der Waals surface area (Å²) in [5, 5.41) is 9.24. The number of carboxylic acid groups (broad SMARTS) is 1. The molecule has 0 radical (unpaired) electrons. The van der Waals surface area contributed by atoms with E-state index in [9.17, 15) is 19.5 Å². The van der Waals surface area contributed by atoms with Gasteiger partial charge in [-0.2, -0.15) is 0 Å². The molecule has 1 N–H and O–H groups in total. The highest BCUT2D eigenvalue weighted by atomic mass is 32.2. The lowest BCUT2D eigenvalue weighted by Crippen LogP contribution is -2.46. The number of rotatable bonds is 5. The fourth-order valence-electron chi connectivity index (χ4n) is 3.31. The SMILES string of the molecule is CC(C)c1ccc(/C=C2\SC(=S)N(CC(=O)N3CCC[C@@H]3C(=O)O)C2=O)cc1. The fourth-order valence-corrected chi connectivity index (χ4v) is 4.57. The summed E-state index contributed by atoms with van der Waals surface area (Å²) in [5.41, 5.74) is 2.11. The van der Waals surface area contributed by atoms with Crippen molar-refractivity contribution in [2.24, 2.45) is 0 Å². The lowest BCUT2D eigenvalue weighted by Gasteiger charge is -2.24. The van der Waals surface area contributed by atoms with E-state index in [0.717, 1.165) is 17.3 Å². The second kappa shape index (κ2) is 8.45. The van der Waals surface area contributed by atoms with Crippen molar-refractivity contribution in [1.29, 1.82) is 0 Å². The van der Waals surface area contributed by atoms with Crippen molar-refractivity contribution in [2.75, 3.05) is 13.1 Å². The molecule has 1 aromatic carbocycles. The monoisotopic (exact) mass is 418 g/mol. The first kappa shape index (κ1) is 20.5. The van der Waals surface area contributed by atoms with Gasteiger partial charge < -0.3 is 10.0 Å². The molecule has 0 unspecified atom stereocenters. The quantitative estimate of drug-likeness (QED) is 0.585. The van der Waals surface area contributed by atoms with Gasteiger partial charge in [0.2, 0.25) is 5.91 Å². The van der Waals surface area contributed by atoms with Crippen LogP contribution in [0.3, 0.4) is 0 Å². The molecule has 0 saturated carbocycles. The van der Waals surface area contributed by atoms with Crippen molar-refractivity contribution < 1.29 is 19.5 Å². The Morgan fingerprint density at radius 3 is 2.61 bits per heavy atom. The summed E-state index contributed by atoms with van der Waals surface area (Å²) in [6.45, 7) is 4.40. The lowest BCUT2D eigenvalue weighted by atomic mass is 10.0. The van der Waals surface area contributed by atoms with Crippen molar-refractivity contribution in [1.82, 2.24) is 9.80 Å². The topological polar surface area (TPSA) is 77.9 Å². The maximum absolute atomic E-state index is 12.7. The van der Waals surface area contributed by atoms with Gasteiger partial charge in [0.05, 0.1) is 4.91 Å². The summed E-state index contributed by atoms with van der Waals surface area (Å²) in [6.07, 6.45) is 2.85. The number of carbonyl (C=O) groups is 3. The summed E-state index contributed by atoms with van der Waals surface area (Å²) in [4.78, 5) is 39.6. The fraction of sp³-hybridized carbons (Fsp3) is 0.400. The Balaban J connectivity index is 1.71. The molecule has 2 saturated heterocycles. The van der Waals surface area contributed by atoms with Crippen LogP contribution in [0.15, 0.2) is 29.2 Å². The minimum atomic E-state index is -1.01. The van der Waals surface area contributed by atoms with E-state index >= 15 is 0 Å². The molecule has 148 valence electrons. The first-order chi connectivity index (χ1) is 13.3. The van der Waals surface area contributed by atoms with Gasteiger partial charge in [-0.05, 0) is 36.0 Å². The van der Waals surface area contributed by atoms with Gasteiger partial charge in [0.1, 0.15) is 16.9 Å². The summed E-state index contributed by atoms with van der Waals surface area (Å²) in [7, 11) is 0. The Bertz CT molecular complexity index is 848. The van der Waals surface area contributed by atoms with Gasteiger partial charge in [0.15, 0.2) is 0 Å². The maximum Gasteiger partial charge on any atom is 0.326 e. The molecule has 2 aliphatic heterocycles. The van der Waals surface area contributed by atoms with E-state index in [1.54, 1.807) is 6.08 Å². The Morgan fingerprint density at radius 1 is 1.32 bits per heavy atom. The molecule has 0 bridgehead atoms. The van der Waals surface area contributed by atoms with Crippen LogP contribution in [0, 0.1) is 0 Å². The number of aliphatic carboxylic acids is 1. The molecule has 6 nitrogen and oxygen atoms in total. The van der Waals surface area contributed by atoms with Gasteiger partial charge in [-0.3, -0.25) is 14.5 Å². The largest absolute Gasteiger partial charge is 0.480 e. The summed E-state index contributed by atoms with van der Waals surface area (Å²) < 4.78 is 0.314. The third kappa shape index (κ3) is 4.28. The van der Waals surface area contributed by atoms with Gasteiger partial charge in [-0.25, -0.2) is 4.79 Å². The third-order valence-corrected chi connectivity index (χ3v) is 6.30. The lowest BCUT2D eigenvalue weighted by molar-refractivity contribution is -0.148. The van der Waals surface area contributed by atoms with E-state index < -0.39 is 12.0 Å². The number of hydrogen-bond donors (Lipinski definition) is 1.